The molecule has 5 aromatic rings. The summed E-state index contributed by atoms with van der Waals surface area (Å²) in [7, 11) is 3.72. The molecule has 45 heteroatoms. The maximum atomic E-state index is 14.5. The number of fused-ring (bicyclic) bond motifs is 1. The molecule has 1 fully saturated rings. The molecule has 4 heterocycles. The van der Waals surface area contributed by atoms with E-state index in [0.29, 0.717) is 29.8 Å². The third-order valence-electron chi connectivity index (χ3n) is 19.5. The number of likely N-dealkylation sites (tertiary alicyclic amines) is 1. The number of hydrogen-bond acceptors (Lipinski definition) is 30. The zero-order valence-corrected chi connectivity index (χ0v) is 71.5. The lowest BCUT2D eigenvalue weighted by atomic mass is 9.89. The Labute approximate surface area is 713 Å². The number of ether oxygens (including phenoxy) is 3. The number of carbonyl (C=O) groups is 14. The summed E-state index contributed by atoms with van der Waals surface area (Å²) in [6.07, 6.45) is 0.0756. The topological polar surface area (TPSA) is 635 Å². The molecule has 0 bridgehead atoms. The number of H-pyrrole nitrogens is 1. The second-order valence-corrected chi connectivity index (χ2v) is 33.6. The van der Waals surface area contributed by atoms with Crippen LogP contribution in [0.2, 0.25) is 0 Å². The first-order valence-electron chi connectivity index (χ1n) is 39.1. The SMILES string of the molecule is CCCC(=O)OCN(C(=O)CNC(=O)[C@H]1CCCCN1C)[C@H](C[C@@H](OC(C)=O)c1nc(C(=O)N[C@@H](Cc2ccc(O)cc2)C[C@H](C)C(=O)NNC(=O)OCCSSCC(C)(NC(=O)C(C)(CC(=O)O)NC(=O)C(C)(CCCCNC(=N)N)NC(=O)CC[C@@H](NC(=O)c2ccc(NCc3cnc4nc(N)[nH]c(=O)c4n3)cc2)C(=O)O)C(=O)O)cs1)C(C)C. The van der Waals surface area contributed by atoms with Crippen molar-refractivity contribution in [3.8, 4) is 5.75 Å². The van der Waals surface area contributed by atoms with Gasteiger partial charge in [0.25, 0.3) is 17.4 Å². The first-order chi connectivity index (χ1) is 57.6. The number of likely N-dealkylation sites (N-methyl/N-ethyl adjacent to an activating group) is 1. The number of guanidine groups is 1. The highest BCUT2D eigenvalue weighted by molar-refractivity contribution is 8.76. The van der Waals surface area contributed by atoms with Crippen molar-refractivity contribution in [2.75, 3.05) is 62.6 Å². The number of nitrogen functional groups attached to an aromatic ring is 1. The Morgan fingerprint density at radius 1 is 0.820 bits per heavy atom. The van der Waals surface area contributed by atoms with E-state index in [1.165, 1.54) is 73.6 Å². The number of piperidine rings is 1. The fourth-order valence-electron chi connectivity index (χ4n) is 12.6. The molecular formula is C77H108N20O22S3. The van der Waals surface area contributed by atoms with Crippen LogP contribution in [-0.4, -0.2) is 237 Å². The molecule has 3 aromatic heterocycles. The number of anilines is 2. The lowest BCUT2D eigenvalue weighted by Gasteiger charge is -2.37. The van der Waals surface area contributed by atoms with E-state index >= 15 is 0 Å². The Bertz CT molecular complexity index is 4600. The molecule has 42 nitrogen and oxygen atoms in total. The summed E-state index contributed by atoms with van der Waals surface area (Å²) in [5.74, 6) is -14.6. The highest BCUT2D eigenvalue weighted by atomic mass is 33.1. The summed E-state index contributed by atoms with van der Waals surface area (Å²) in [4.78, 5) is 222. The molecule has 122 heavy (non-hydrogen) atoms. The van der Waals surface area contributed by atoms with Gasteiger partial charge in [-0.25, -0.2) is 34.8 Å². The van der Waals surface area contributed by atoms with Crippen molar-refractivity contribution in [3.63, 3.8) is 0 Å². The van der Waals surface area contributed by atoms with Gasteiger partial charge in [0.05, 0.1) is 37.4 Å². The quantitative estimate of drug-likeness (QED) is 0.00389. The molecule has 9 atom stereocenters. The minimum Gasteiger partial charge on any atom is -0.508 e. The van der Waals surface area contributed by atoms with Crippen molar-refractivity contribution in [2.24, 2.45) is 17.6 Å². The number of phenols is 1. The first kappa shape index (κ1) is 98.8. The van der Waals surface area contributed by atoms with Gasteiger partial charge < -0.3 is 93.5 Å². The van der Waals surface area contributed by atoms with Gasteiger partial charge >= 0.3 is 35.9 Å². The van der Waals surface area contributed by atoms with E-state index in [2.05, 4.69) is 78.3 Å². The number of hydrazine groups is 1. The number of aromatic hydroxyl groups is 1. The van der Waals surface area contributed by atoms with Crippen molar-refractivity contribution in [2.45, 2.75) is 199 Å². The number of carboxylic acid groups (broad SMARTS) is 3. The number of thiazole rings is 1. The molecule has 3 unspecified atom stereocenters. The minimum atomic E-state index is -2.43. The van der Waals surface area contributed by atoms with Gasteiger partial charge in [0, 0.05) is 78.9 Å². The standard InChI is InChI=1S/C77H108N20O22S3/c1-10-15-59(104)118-41-97(57(101)38-84-65(108)53-16-11-14-29-96(53)9)54(42(2)3)34-55(119-44(5)98)67-88-52(39-120-67)64(107)86-48(33-45-17-23-50(99)24-18-45)32-43(4)62(105)94-95-74(116)117-30-31-121-122-40-77(8,71(114)115)93-70(113)76(7,35-58(102)103)92-69(112)75(6,27-12-13-28-81-72(78)79)91-56(100)26-25-51(68(110)111)87-63(106)46-19-21-47(22-20-46)82-36-49-37-83-61-60(85-49)66(109)90-73(80)89-61/h17-24,37,39,42-43,48,51,53-55,82,99H,10-16,25-36,38,40-41H2,1-9H3,(H,84,108)(H,86,107)(H,87,106)(H,91,100)(H,92,112)(H,93,113)(H,94,105)(H,95,116)(H,102,103)(H,110,111)(H,114,115)(H4,78,79,81)(H3,80,83,89,90,109)/t43-,48+,51+,53+,54+,55+,75?,76?,77?/m0/s1. The average molecular weight is 1760 g/mol. The van der Waals surface area contributed by atoms with Crippen LogP contribution in [0.15, 0.2) is 64.9 Å². The van der Waals surface area contributed by atoms with Crippen LogP contribution in [0.3, 0.4) is 0 Å². The third-order valence-corrected chi connectivity index (χ3v) is 23.0. The normalized spacial score (nSPS) is 15.3. The van der Waals surface area contributed by atoms with E-state index in [9.17, 15) is 92.3 Å². The van der Waals surface area contributed by atoms with Gasteiger partial charge in [-0.2, -0.15) is 4.98 Å². The number of aliphatic carboxylic acids is 3. The summed E-state index contributed by atoms with van der Waals surface area (Å²) in [5.41, 5.74) is 9.72. The van der Waals surface area contributed by atoms with Gasteiger partial charge in [0.1, 0.15) is 45.7 Å². The second kappa shape index (κ2) is 47.3. The number of unbranched alkanes of at least 4 members (excludes halogenated alkanes) is 1. The van der Waals surface area contributed by atoms with E-state index in [0.717, 1.165) is 66.2 Å². The van der Waals surface area contributed by atoms with Crippen LogP contribution in [0.25, 0.3) is 11.2 Å². The fraction of sp³-hybridized carbons (Fsp3) is 0.532. The molecule has 20 N–H and O–H groups in total. The monoisotopic (exact) mass is 1760 g/mol. The maximum absolute atomic E-state index is 14.5. The second-order valence-electron chi connectivity index (χ2n) is 30.1. The number of nitrogens with zero attached hydrogens (tertiary/aromatic N) is 6. The van der Waals surface area contributed by atoms with Crippen LogP contribution < -0.4 is 70.4 Å². The van der Waals surface area contributed by atoms with Crippen molar-refractivity contribution in [3.05, 3.63) is 98.0 Å². The average Bonchev–Trinajstić information content (AvgIpc) is 0.931. The highest BCUT2D eigenvalue weighted by Crippen LogP contribution is 2.33. The summed E-state index contributed by atoms with van der Waals surface area (Å²) >= 11 is 0.997. The lowest BCUT2D eigenvalue weighted by Crippen LogP contribution is -2.68. The Morgan fingerprint density at radius 2 is 1.52 bits per heavy atom. The van der Waals surface area contributed by atoms with E-state index in [-0.39, 0.29) is 127 Å². The molecular weight excluding hydrogens is 1650 g/mol. The fourth-order valence-corrected chi connectivity index (χ4v) is 15.8. The Morgan fingerprint density at radius 3 is 2.16 bits per heavy atom. The van der Waals surface area contributed by atoms with Gasteiger partial charge in [-0.3, -0.25) is 78.3 Å². The Hall–Kier alpha value is -12.0. The molecule has 2 aromatic carbocycles. The smallest absolute Gasteiger partial charge is 0.426 e. The Kier molecular flexibility index (Phi) is 38.3. The van der Waals surface area contributed by atoms with Crippen LogP contribution in [0.5, 0.6) is 5.75 Å². The summed E-state index contributed by atoms with van der Waals surface area (Å²) in [6, 6.07) is 8.27. The van der Waals surface area contributed by atoms with Crippen LogP contribution in [0.1, 0.15) is 182 Å². The number of amides is 9. The number of hydrogen-bond donors (Lipinski definition) is 18. The van der Waals surface area contributed by atoms with Crippen LogP contribution in [-0.2, 0) is 79.9 Å². The molecule has 1 aliphatic rings. The molecule has 1 aliphatic heterocycles. The van der Waals surface area contributed by atoms with Crippen molar-refractivity contribution < 1.29 is 102 Å². The van der Waals surface area contributed by atoms with Gasteiger partial charge in [-0.05, 0) is 140 Å². The summed E-state index contributed by atoms with van der Waals surface area (Å²) in [5, 5.41) is 70.8. The van der Waals surface area contributed by atoms with E-state index in [1.54, 1.807) is 19.1 Å². The van der Waals surface area contributed by atoms with Crippen molar-refractivity contribution in [1.82, 2.24) is 82.8 Å². The van der Waals surface area contributed by atoms with E-state index in [4.69, 9.17) is 31.1 Å². The van der Waals surface area contributed by atoms with Gasteiger partial charge in [0.2, 0.25) is 41.4 Å². The number of aromatic nitrogens is 5. The predicted molar refractivity (Wildman–Crippen MR) is 448 cm³/mol. The van der Waals surface area contributed by atoms with Gasteiger partial charge in [-0.1, -0.05) is 67.8 Å². The first-order valence-corrected chi connectivity index (χ1v) is 42.5. The molecule has 9 amide bonds. The summed E-state index contributed by atoms with van der Waals surface area (Å²) in [6.45, 7) is 11.3. The third kappa shape index (κ3) is 31.5. The highest BCUT2D eigenvalue weighted by Gasteiger charge is 2.47. The zero-order valence-electron chi connectivity index (χ0n) is 69.1. The zero-order chi connectivity index (χ0) is 90.2. The molecule has 0 spiro atoms. The number of rotatable bonds is 48. The molecule has 0 radical (unpaired) electrons. The van der Waals surface area contributed by atoms with E-state index < -0.39 is 174 Å². The number of nitrogens with two attached hydrogens (primary N) is 2. The van der Waals surface area contributed by atoms with Crippen LogP contribution in [0.4, 0.5) is 16.4 Å². The molecule has 0 aliphatic carbocycles. The molecule has 666 valence electrons. The predicted octanol–water partition coefficient (Wildman–Crippen LogP) is 2.83. The maximum Gasteiger partial charge on any atom is 0.426 e. The van der Waals surface area contributed by atoms with Gasteiger partial charge in [-0.15, -0.1) is 11.3 Å². The number of aromatic amines is 1. The number of phenolic OH excluding ortho intramolecular Hbond substituents is 1. The summed E-state index contributed by atoms with van der Waals surface area (Å²) < 4.78 is 16.6. The molecule has 6 rings (SSSR count). The lowest BCUT2D eigenvalue weighted by molar-refractivity contribution is -0.158. The van der Waals surface area contributed by atoms with Gasteiger partial charge in [0.15, 0.2) is 30.0 Å². The largest absolute Gasteiger partial charge is 0.508 e. The Balaban J connectivity index is 1.01. The van der Waals surface area contributed by atoms with Crippen LogP contribution in [0, 0.1) is 17.2 Å². The van der Waals surface area contributed by atoms with E-state index in [1.807, 2.05) is 25.8 Å². The number of benzene rings is 2. The number of esters is 2. The number of nitrogens with one attached hydrogen (secondary N) is 12. The van der Waals surface area contributed by atoms with Crippen molar-refractivity contribution >= 4 is 145 Å². The molecule has 1 saturated heterocycles. The van der Waals surface area contributed by atoms with Crippen molar-refractivity contribution in [1.29, 1.82) is 5.41 Å². The number of carbonyl (C=O) groups excluding carboxylic acids is 11. The van der Waals surface area contributed by atoms with Crippen LogP contribution >= 0.6 is 32.9 Å². The minimum absolute atomic E-state index is 0.00178. The molecule has 0 saturated carbocycles. The number of carboxylic acids is 3.